The summed E-state index contributed by atoms with van der Waals surface area (Å²) in [4.78, 5) is 1.33. The second-order valence-corrected chi connectivity index (χ2v) is 6.15. The van der Waals surface area contributed by atoms with E-state index in [1.165, 1.54) is 42.8 Å². The third-order valence-corrected chi connectivity index (χ3v) is 4.82. The largest absolute Gasteiger partial charge is 0.389 e. The first-order valence-electron chi connectivity index (χ1n) is 6.66. The molecular formula is C15H22OS. The first-order valence-corrected chi connectivity index (χ1v) is 7.65. The van der Waals surface area contributed by atoms with Crippen LogP contribution >= 0.6 is 11.8 Å². The molecule has 1 saturated carbocycles. The van der Waals surface area contributed by atoms with Crippen LogP contribution in [0.3, 0.4) is 0 Å². The zero-order valence-electron chi connectivity index (χ0n) is 10.6. The number of rotatable bonds is 4. The second kappa shape index (κ2) is 6.46. The number of aliphatic hydroxyl groups is 1. The zero-order chi connectivity index (χ0) is 12.1. The summed E-state index contributed by atoms with van der Waals surface area (Å²) in [6, 6.07) is 8.34. The Morgan fingerprint density at radius 2 is 1.82 bits per heavy atom. The fourth-order valence-electron chi connectivity index (χ4n) is 2.41. The predicted octanol–water partition coefficient (Wildman–Crippen LogP) is 4.41. The molecule has 1 nitrogen and oxygen atoms in total. The Morgan fingerprint density at radius 1 is 1.18 bits per heavy atom. The van der Waals surface area contributed by atoms with E-state index in [9.17, 15) is 5.11 Å². The first-order chi connectivity index (χ1) is 8.25. The van der Waals surface area contributed by atoms with Crippen LogP contribution in [0.1, 0.15) is 50.7 Å². The SMILES string of the molecule is CC(O)c1ccc(SCC2CCCCC2)cc1. The molecule has 1 atom stereocenters. The highest BCUT2D eigenvalue weighted by Crippen LogP contribution is 2.30. The van der Waals surface area contributed by atoms with Crippen LogP contribution in [0.15, 0.2) is 29.2 Å². The molecule has 0 heterocycles. The maximum absolute atomic E-state index is 9.44. The molecule has 0 amide bonds. The molecular weight excluding hydrogens is 228 g/mol. The Bertz CT molecular complexity index is 325. The van der Waals surface area contributed by atoms with Gasteiger partial charge in [-0.3, -0.25) is 0 Å². The van der Waals surface area contributed by atoms with E-state index in [-0.39, 0.29) is 6.10 Å². The first kappa shape index (κ1) is 13.0. The van der Waals surface area contributed by atoms with Crippen molar-refractivity contribution in [2.24, 2.45) is 5.92 Å². The van der Waals surface area contributed by atoms with Crippen LogP contribution in [0.4, 0.5) is 0 Å². The molecule has 0 aliphatic heterocycles. The fraction of sp³-hybridized carbons (Fsp3) is 0.600. The van der Waals surface area contributed by atoms with E-state index in [1.54, 1.807) is 0 Å². The molecule has 0 radical (unpaired) electrons. The maximum Gasteiger partial charge on any atom is 0.0761 e. The molecule has 1 N–H and O–H groups in total. The molecule has 1 aliphatic rings. The summed E-state index contributed by atoms with van der Waals surface area (Å²) in [5, 5.41) is 9.44. The molecule has 2 rings (SSSR count). The summed E-state index contributed by atoms with van der Waals surface area (Å²) in [5.41, 5.74) is 1.01. The van der Waals surface area contributed by atoms with Gasteiger partial charge in [0.15, 0.2) is 0 Å². The average Bonchev–Trinajstić information content (AvgIpc) is 2.38. The van der Waals surface area contributed by atoms with Crippen LogP contribution in [-0.4, -0.2) is 10.9 Å². The maximum atomic E-state index is 9.44. The van der Waals surface area contributed by atoms with Crippen molar-refractivity contribution >= 4 is 11.8 Å². The quantitative estimate of drug-likeness (QED) is 0.799. The Balaban J connectivity index is 1.82. The summed E-state index contributed by atoms with van der Waals surface area (Å²) >= 11 is 1.97. The zero-order valence-corrected chi connectivity index (χ0v) is 11.4. The molecule has 1 unspecified atom stereocenters. The van der Waals surface area contributed by atoms with Gasteiger partial charge in [0.25, 0.3) is 0 Å². The van der Waals surface area contributed by atoms with Crippen molar-refractivity contribution in [3.05, 3.63) is 29.8 Å². The molecule has 0 spiro atoms. The molecule has 17 heavy (non-hydrogen) atoms. The van der Waals surface area contributed by atoms with Crippen molar-refractivity contribution in [1.29, 1.82) is 0 Å². The highest BCUT2D eigenvalue weighted by molar-refractivity contribution is 7.99. The minimum atomic E-state index is -0.354. The summed E-state index contributed by atoms with van der Waals surface area (Å²) in [6.07, 6.45) is 6.76. The van der Waals surface area contributed by atoms with Crippen molar-refractivity contribution in [2.75, 3.05) is 5.75 Å². The third-order valence-electron chi connectivity index (χ3n) is 3.57. The number of benzene rings is 1. The van der Waals surface area contributed by atoms with Crippen LogP contribution in [0.25, 0.3) is 0 Å². The third kappa shape index (κ3) is 4.04. The van der Waals surface area contributed by atoms with Gasteiger partial charge in [0.1, 0.15) is 0 Å². The summed E-state index contributed by atoms with van der Waals surface area (Å²) in [7, 11) is 0. The van der Waals surface area contributed by atoms with Gasteiger partial charge < -0.3 is 5.11 Å². The molecule has 1 aliphatic carbocycles. The summed E-state index contributed by atoms with van der Waals surface area (Å²) < 4.78 is 0. The molecule has 2 heteroatoms. The van der Waals surface area contributed by atoms with E-state index in [4.69, 9.17) is 0 Å². The van der Waals surface area contributed by atoms with Crippen LogP contribution in [-0.2, 0) is 0 Å². The monoisotopic (exact) mass is 250 g/mol. The van der Waals surface area contributed by atoms with Gasteiger partial charge in [-0.05, 0) is 43.4 Å². The lowest BCUT2D eigenvalue weighted by molar-refractivity contribution is 0.199. The van der Waals surface area contributed by atoms with E-state index < -0.39 is 0 Å². The minimum absolute atomic E-state index is 0.354. The van der Waals surface area contributed by atoms with Gasteiger partial charge in [0.05, 0.1) is 6.10 Å². The molecule has 0 saturated heterocycles. The molecule has 1 aromatic carbocycles. The lowest BCUT2D eigenvalue weighted by atomic mass is 9.91. The van der Waals surface area contributed by atoms with Gasteiger partial charge in [-0.1, -0.05) is 31.4 Å². The standard InChI is InChI=1S/C15H22OS/c1-12(16)14-7-9-15(10-8-14)17-11-13-5-3-2-4-6-13/h7-10,12-13,16H,2-6,11H2,1H3. The van der Waals surface area contributed by atoms with Crippen LogP contribution in [0, 0.1) is 5.92 Å². The van der Waals surface area contributed by atoms with Gasteiger partial charge in [-0.2, -0.15) is 0 Å². The fourth-order valence-corrected chi connectivity index (χ4v) is 3.50. The van der Waals surface area contributed by atoms with E-state index in [0.717, 1.165) is 11.5 Å². The molecule has 0 aromatic heterocycles. The Labute approximate surface area is 109 Å². The van der Waals surface area contributed by atoms with Crippen LogP contribution in [0.2, 0.25) is 0 Å². The van der Waals surface area contributed by atoms with Gasteiger partial charge in [0.2, 0.25) is 0 Å². The average molecular weight is 250 g/mol. The van der Waals surface area contributed by atoms with Gasteiger partial charge in [-0.25, -0.2) is 0 Å². The molecule has 1 fully saturated rings. The topological polar surface area (TPSA) is 20.2 Å². The van der Waals surface area contributed by atoms with Crippen molar-refractivity contribution < 1.29 is 5.11 Å². The smallest absolute Gasteiger partial charge is 0.0761 e. The Hall–Kier alpha value is -0.470. The van der Waals surface area contributed by atoms with Crippen molar-refractivity contribution in [3.63, 3.8) is 0 Å². The van der Waals surface area contributed by atoms with Crippen molar-refractivity contribution in [3.8, 4) is 0 Å². The van der Waals surface area contributed by atoms with E-state index in [1.807, 2.05) is 30.8 Å². The second-order valence-electron chi connectivity index (χ2n) is 5.06. The summed E-state index contributed by atoms with van der Waals surface area (Å²) in [5.74, 6) is 2.18. The van der Waals surface area contributed by atoms with Gasteiger partial charge >= 0.3 is 0 Å². The lowest BCUT2D eigenvalue weighted by Gasteiger charge is -2.20. The molecule has 94 valence electrons. The predicted molar refractivity (Wildman–Crippen MR) is 74.4 cm³/mol. The molecule has 0 bridgehead atoms. The highest BCUT2D eigenvalue weighted by atomic mass is 32.2. The highest BCUT2D eigenvalue weighted by Gasteiger charge is 2.13. The van der Waals surface area contributed by atoms with E-state index >= 15 is 0 Å². The number of hydrogen-bond donors (Lipinski definition) is 1. The van der Waals surface area contributed by atoms with Crippen molar-refractivity contribution in [2.45, 2.75) is 50.0 Å². The van der Waals surface area contributed by atoms with E-state index in [2.05, 4.69) is 12.1 Å². The number of aliphatic hydroxyl groups excluding tert-OH is 1. The normalized spacial score (nSPS) is 19.2. The number of hydrogen-bond acceptors (Lipinski definition) is 2. The van der Waals surface area contributed by atoms with Crippen LogP contribution in [0.5, 0.6) is 0 Å². The van der Waals surface area contributed by atoms with Crippen LogP contribution < -0.4 is 0 Å². The number of thioether (sulfide) groups is 1. The minimum Gasteiger partial charge on any atom is -0.389 e. The summed E-state index contributed by atoms with van der Waals surface area (Å²) in [6.45, 7) is 1.81. The Kier molecular flexibility index (Phi) is 4.93. The van der Waals surface area contributed by atoms with Gasteiger partial charge in [0, 0.05) is 10.6 Å². The Morgan fingerprint density at radius 3 is 2.41 bits per heavy atom. The lowest BCUT2D eigenvalue weighted by Crippen LogP contribution is -2.08. The van der Waals surface area contributed by atoms with Crippen molar-refractivity contribution in [1.82, 2.24) is 0 Å². The molecule has 1 aromatic rings. The van der Waals surface area contributed by atoms with E-state index in [0.29, 0.717) is 0 Å². The van der Waals surface area contributed by atoms with Gasteiger partial charge in [-0.15, -0.1) is 11.8 Å².